The molecule has 60 valence electrons. The molecule has 0 fully saturated rings. The number of nitrogens with zero attached hydrogens (tertiary/aromatic N) is 1. The fraction of sp³-hybridized carbons (Fsp3) is 0.500. The van der Waals surface area contributed by atoms with Crippen LogP contribution in [-0.2, 0) is 4.79 Å². The minimum atomic E-state index is -0.0440. The van der Waals surface area contributed by atoms with Crippen LogP contribution in [-0.4, -0.2) is 16.5 Å². The van der Waals surface area contributed by atoms with Gasteiger partial charge in [0.1, 0.15) is 6.29 Å². The molecule has 0 amide bonds. The smallest absolute Gasteiger partial charge is 0.129 e. The molecule has 1 heterocycles. The molecule has 0 aliphatic heterocycles. The van der Waals surface area contributed by atoms with Gasteiger partial charge in [0.2, 0.25) is 0 Å². The Morgan fingerprint density at radius 2 is 2.36 bits per heavy atom. The minimum Gasteiger partial charge on any atom is -0.303 e. The van der Waals surface area contributed by atoms with Crippen molar-refractivity contribution in [2.24, 2.45) is 5.92 Å². The average Bonchev–Trinajstić information content (AvgIpc) is 2.40. The van der Waals surface area contributed by atoms with Gasteiger partial charge in [-0.05, 0) is 12.0 Å². The Morgan fingerprint density at radius 1 is 1.64 bits per heavy atom. The van der Waals surface area contributed by atoms with Gasteiger partial charge in [0.05, 0.1) is 5.92 Å². The summed E-state index contributed by atoms with van der Waals surface area (Å²) in [5.41, 5.74) is 0.898. The number of H-pyrrole nitrogens is 1. The van der Waals surface area contributed by atoms with E-state index in [-0.39, 0.29) is 5.92 Å². The zero-order valence-corrected chi connectivity index (χ0v) is 6.74. The Bertz CT molecular complexity index is 216. The lowest BCUT2D eigenvalue weighted by Gasteiger charge is -2.10. The first-order valence-electron chi connectivity index (χ1n) is 3.70. The molecular formula is C8H12N2O. The molecule has 1 aromatic rings. The monoisotopic (exact) mass is 152 g/mol. The highest BCUT2D eigenvalue weighted by Crippen LogP contribution is 2.18. The summed E-state index contributed by atoms with van der Waals surface area (Å²) in [7, 11) is 0. The highest BCUT2D eigenvalue weighted by atomic mass is 16.1. The molecule has 1 atom stereocenters. The molecule has 1 unspecified atom stereocenters. The van der Waals surface area contributed by atoms with Crippen molar-refractivity contribution in [3.05, 3.63) is 18.0 Å². The summed E-state index contributed by atoms with van der Waals surface area (Å²) in [5.74, 6) is 0.283. The van der Waals surface area contributed by atoms with Crippen LogP contribution in [0.4, 0.5) is 0 Å². The largest absolute Gasteiger partial charge is 0.303 e. The molecule has 1 N–H and O–H groups in total. The van der Waals surface area contributed by atoms with Crippen LogP contribution >= 0.6 is 0 Å². The van der Waals surface area contributed by atoms with E-state index in [4.69, 9.17) is 0 Å². The van der Waals surface area contributed by atoms with Crippen LogP contribution in [0.5, 0.6) is 0 Å². The predicted octanol–water partition coefficient (Wildman–Crippen LogP) is 1.35. The van der Waals surface area contributed by atoms with E-state index in [0.29, 0.717) is 5.92 Å². The number of nitrogens with one attached hydrogen (secondary N) is 1. The third-order valence-corrected chi connectivity index (χ3v) is 1.75. The van der Waals surface area contributed by atoms with Gasteiger partial charge in [-0.25, -0.2) is 0 Å². The second kappa shape index (κ2) is 3.32. The van der Waals surface area contributed by atoms with E-state index in [1.165, 1.54) is 0 Å². The molecule has 11 heavy (non-hydrogen) atoms. The molecule has 0 aliphatic carbocycles. The van der Waals surface area contributed by atoms with Crippen LogP contribution in [0, 0.1) is 5.92 Å². The first-order valence-corrected chi connectivity index (χ1v) is 3.70. The second-order valence-corrected chi connectivity index (χ2v) is 2.92. The van der Waals surface area contributed by atoms with E-state index in [9.17, 15) is 4.79 Å². The molecular weight excluding hydrogens is 140 g/mol. The lowest BCUT2D eigenvalue weighted by molar-refractivity contribution is -0.109. The molecule has 0 bridgehead atoms. The van der Waals surface area contributed by atoms with Crippen LogP contribution in [0.3, 0.4) is 0 Å². The van der Waals surface area contributed by atoms with E-state index in [1.54, 1.807) is 6.20 Å². The van der Waals surface area contributed by atoms with Gasteiger partial charge in [0.15, 0.2) is 0 Å². The fourth-order valence-electron chi connectivity index (χ4n) is 1.04. The van der Waals surface area contributed by atoms with Crippen molar-refractivity contribution in [1.29, 1.82) is 0 Å². The standard InChI is InChI=1S/C8H12N2O/c1-6(2)7(5-11)8-3-4-9-10-8/h3-7H,1-2H3,(H,9,10). The summed E-state index contributed by atoms with van der Waals surface area (Å²) in [6.45, 7) is 4.03. The summed E-state index contributed by atoms with van der Waals surface area (Å²) in [6.07, 6.45) is 2.62. The Balaban J connectivity index is 2.79. The zero-order valence-electron chi connectivity index (χ0n) is 6.74. The molecule has 0 radical (unpaired) electrons. The lowest BCUT2D eigenvalue weighted by atomic mass is 9.94. The number of rotatable bonds is 3. The van der Waals surface area contributed by atoms with Crippen LogP contribution < -0.4 is 0 Å². The fourth-order valence-corrected chi connectivity index (χ4v) is 1.04. The van der Waals surface area contributed by atoms with Crippen LogP contribution in [0.1, 0.15) is 25.5 Å². The van der Waals surface area contributed by atoms with E-state index in [0.717, 1.165) is 12.0 Å². The quantitative estimate of drug-likeness (QED) is 0.664. The first-order chi connectivity index (χ1) is 5.25. The van der Waals surface area contributed by atoms with Gasteiger partial charge in [0.25, 0.3) is 0 Å². The number of hydrogen-bond acceptors (Lipinski definition) is 2. The SMILES string of the molecule is CC(C)C(C=O)c1ccn[nH]1. The maximum atomic E-state index is 10.6. The molecule has 1 aromatic heterocycles. The van der Waals surface area contributed by atoms with E-state index < -0.39 is 0 Å². The lowest BCUT2D eigenvalue weighted by Crippen LogP contribution is -2.08. The van der Waals surface area contributed by atoms with Gasteiger partial charge in [-0.2, -0.15) is 5.10 Å². The molecule has 0 spiro atoms. The molecule has 0 aliphatic rings. The van der Waals surface area contributed by atoms with Gasteiger partial charge in [-0.1, -0.05) is 13.8 Å². The van der Waals surface area contributed by atoms with Crippen molar-refractivity contribution < 1.29 is 4.79 Å². The van der Waals surface area contributed by atoms with Crippen LogP contribution in [0.2, 0.25) is 0 Å². The van der Waals surface area contributed by atoms with Crippen LogP contribution in [0.15, 0.2) is 12.3 Å². The van der Waals surface area contributed by atoms with Gasteiger partial charge in [-0.3, -0.25) is 5.10 Å². The average molecular weight is 152 g/mol. The third kappa shape index (κ3) is 1.67. The summed E-state index contributed by atoms with van der Waals surface area (Å²) < 4.78 is 0. The second-order valence-electron chi connectivity index (χ2n) is 2.92. The maximum absolute atomic E-state index is 10.6. The Kier molecular flexibility index (Phi) is 2.41. The molecule has 1 rings (SSSR count). The number of hydrogen-bond donors (Lipinski definition) is 1. The number of carbonyl (C=O) groups is 1. The summed E-state index contributed by atoms with van der Waals surface area (Å²) in [5, 5.41) is 6.58. The van der Waals surface area contributed by atoms with Gasteiger partial charge in [-0.15, -0.1) is 0 Å². The molecule has 3 nitrogen and oxygen atoms in total. The molecule has 0 saturated carbocycles. The first kappa shape index (κ1) is 7.98. The van der Waals surface area contributed by atoms with Gasteiger partial charge in [0, 0.05) is 11.9 Å². The summed E-state index contributed by atoms with van der Waals surface area (Å²) in [4.78, 5) is 10.6. The van der Waals surface area contributed by atoms with Crippen molar-refractivity contribution in [2.75, 3.05) is 0 Å². The van der Waals surface area contributed by atoms with E-state index in [1.807, 2.05) is 19.9 Å². The van der Waals surface area contributed by atoms with Crippen molar-refractivity contribution in [3.63, 3.8) is 0 Å². The number of aromatic amines is 1. The Hall–Kier alpha value is -1.12. The summed E-state index contributed by atoms with van der Waals surface area (Å²) >= 11 is 0. The molecule has 0 saturated heterocycles. The molecule has 3 heteroatoms. The summed E-state index contributed by atoms with van der Waals surface area (Å²) in [6, 6.07) is 1.83. The minimum absolute atomic E-state index is 0.0440. The third-order valence-electron chi connectivity index (χ3n) is 1.75. The normalized spacial score (nSPS) is 13.4. The maximum Gasteiger partial charge on any atom is 0.129 e. The highest BCUT2D eigenvalue weighted by Gasteiger charge is 2.15. The van der Waals surface area contributed by atoms with Crippen LogP contribution in [0.25, 0.3) is 0 Å². The predicted molar refractivity (Wildman–Crippen MR) is 42.2 cm³/mol. The van der Waals surface area contributed by atoms with Gasteiger partial charge >= 0.3 is 0 Å². The van der Waals surface area contributed by atoms with E-state index >= 15 is 0 Å². The van der Waals surface area contributed by atoms with Gasteiger partial charge < -0.3 is 4.79 Å². The van der Waals surface area contributed by atoms with Crippen molar-refractivity contribution in [3.8, 4) is 0 Å². The van der Waals surface area contributed by atoms with E-state index in [2.05, 4.69) is 10.2 Å². The number of aldehydes is 1. The number of carbonyl (C=O) groups excluding carboxylic acids is 1. The molecule has 0 aromatic carbocycles. The highest BCUT2D eigenvalue weighted by molar-refractivity contribution is 5.61. The van der Waals surface area contributed by atoms with Crippen molar-refractivity contribution in [2.45, 2.75) is 19.8 Å². The number of aromatic nitrogens is 2. The zero-order chi connectivity index (χ0) is 8.27. The Morgan fingerprint density at radius 3 is 2.73 bits per heavy atom. The topological polar surface area (TPSA) is 45.8 Å². The Labute approximate surface area is 65.8 Å². The van der Waals surface area contributed by atoms with Crippen molar-refractivity contribution >= 4 is 6.29 Å². The van der Waals surface area contributed by atoms with Crippen molar-refractivity contribution in [1.82, 2.24) is 10.2 Å².